The summed E-state index contributed by atoms with van der Waals surface area (Å²) in [6.45, 7) is 5.58. The number of nitrogens with zero attached hydrogens (tertiary/aromatic N) is 2. The maximum absolute atomic E-state index is 5.18. The topological polar surface area (TPSA) is 41.3 Å². The summed E-state index contributed by atoms with van der Waals surface area (Å²) < 4.78 is 5.18. The van der Waals surface area contributed by atoms with E-state index in [9.17, 15) is 0 Å². The lowest BCUT2D eigenvalue weighted by molar-refractivity contribution is 0.392. The first-order valence-electron chi connectivity index (χ1n) is 6.46. The molecule has 4 nitrogen and oxygen atoms in total. The van der Waals surface area contributed by atoms with Crippen molar-refractivity contribution in [1.29, 1.82) is 0 Å². The van der Waals surface area contributed by atoms with E-state index in [-0.39, 0.29) is 0 Å². The molecule has 4 heteroatoms. The molecule has 0 saturated heterocycles. The summed E-state index contributed by atoms with van der Waals surface area (Å²) in [6.07, 6.45) is 0. The molecule has 19 heavy (non-hydrogen) atoms. The second-order valence-electron chi connectivity index (χ2n) is 5.05. The lowest BCUT2D eigenvalue weighted by Crippen LogP contribution is -2.13. The van der Waals surface area contributed by atoms with Gasteiger partial charge in [-0.25, -0.2) is 0 Å². The van der Waals surface area contributed by atoms with Gasteiger partial charge in [-0.1, -0.05) is 23.4 Å². The molecule has 1 aromatic carbocycles. The van der Waals surface area contributed by atoms with E-state index < -0.39 is 0 Å². The molecule has 0 fully saturated rings. The molecule has 0 unspecified atom stereocenters. The molecule has 102 valence electrons. The van der Waals surface area contributed by atoms with Crippen molar-refractivity contribution in [3.8, 4) is 0 Å². The van der Waals surface area contributed by atoms with Crippen LogP contribution in [-0.4, -0.2) is 24.2 Å². The first-order chi connectivity index (χ1) is 9.08. The zero-order valence-electron chi connectivity index (χ0n) is 12.0. The maximum Gasteiger partial charge on any atom is 0.138 e. The molecule has 0 spiro atoms. The minimum absolute atomic E-state index is 0.742. The van der Waals surface area contributed by atoms with Gasteiger partial charge in [0.1, 0.15) is 5.76 Å². The van der Waals surface area contributed by atoms with Crippen LogP contribution in [0.1, 0.15) is 22.6 Å². The molecule has 0 radical (unpaired) electrons. The van der Waals surface area contributed by atoms with Crippen molar-refractivity contribution in [2.75, 3.05) is 19.4 Å². The van der Waals surface area contributed by atoms with Crippen molar-refractivity contribution in [2.24, 2.45) is 0 Å². The Kier molecular flexibility index (Phi) is 4.22. The normalized spacial score (nSPS) is 11.0. The van der Waals surface area contributed by atoms with Gasteiger partial charge in [-0.3, -0.25) is 0 Å². The van der Waals surface area contributed by atoms with Crippen molar-refractivity contribution >= 4 is 5.69 Å². The van der Waals surface area contributed by atoms with Gasteiger partial charge in [0.15, 0.2) is 0 Å². The Morgan fingerprint density at radius 2 is 1.95 bits per heavy atom. The molecule has 2 aromatic rings. The fourth-order valence-electron chi connectivity index (χ4n) is 2.11. The third kappa shape index (κ3) is 3.35. The van der Waals surface area contributed by atoms with Crippen molar-refractivity contribution in [3.05, 3.63) is 46.8 Å². The molecule has 0 atom stereocenters. The van der Waals surface area contributed by atoms with Crippen molar-refractivity contribution in [2.45, 2.75) is 26.9 Å². The van der Waals surface area contributed by atoms with Crippen molar-refractivity contribution in [3.63, 3.8) is 0 Å². The summed E-state index contributed by atoms with van der Waals surface area (Å²) in [4.78, 5) is 2.16. The van der Waals surface area contributed by atoms with Gasteiger partial charge in [0, 0.05) is 24.3 Å². The SMILES string of the molecule is Cc1noc(C)c1CNc1ccccc1CN(C)C. The van der Waals surface area contributed by atoms with Gasteiger partial charge in [0.25, 0.3) is 0 Å². The van der Waals surface area contributed by atoms with Gasteiger partial charge >= 0.3 is 0 Å². The molecule has 1 N–H and O–H groups in total. The van der Waals surface area contributed by atoms with E-state index in [0.717, 1.165) is 35.8 Å². The summed E-state index contributed by atoms with van der Waals surface area (Å²) in [6, 6.07) is 8.38. The summed E-state index contributed by atoms with van der Waals surface area (Å²) in [7, 11) is 4.15. The zero-order chi connectivity index (χ0) is 13.8. The van der Waals surface area contributed by atoms with Crippen LogP contribution in [-0.2, 0) is 13.1 Å². The van der Waals surface area contributed by atoms with Crippen LogP contribution < -0.4 is 5.32 Å². The highest BCUT2D eigenvalue weighted by Gasteiger charge is 2.09. The molecule has 1 aromatic heterocycles. The predicted octanol–water partition coefficient (Wildman–Crippen LogP) is 2.97. The Balaban J connectivity index is 2.11. The van der Waals surface area contributed by atoms with Crippen molar-refractivity contribution < 1.29 is 4.52 Å². The van der Waals surface area contributed by atoms with E-state index in [2.05, 4.69) is 53.7 Å². The summed E-state index contributed by atoms with van der Waals surface area (Å²) in [5.74, 6) is 0.884. The van der Waals surface area contributed by atoms with Crippen LogP contribution >= 0.6 is 0 Å². The number of para-hydroxylation sites is 1. The first kappa shape index (κ1) is 13.6. The highest BCUT2D eigenvalue weighted by molar-refractivity contribution is 5.51. The van der Waals surface area contributed by atoms with E-state index in [4.69, 9.17) is 4.52 Å². The van der Waals surface area contributed by atoms with Crippen LogP contribution in [0.25, 0.3) is 0 Å². The third-order valence-corrected chi connectivity index (χ3v) is 3.14. The average Bonchev–Trinajstić information content (AvgIpc) is 2.68. The Hall–Kier alpha value is -1.81. The van der Waals surface area contributed by atoms with E-state index >= 15 is 0 Å². The molecular weight excluding hydrogens is 238 g/mol. The lowest BCUT2D eigenvalue weighted by atomic mass is 10.1. The standard InChI is InChI=1S/C15H21N3O/c1-11-14(12(2)19-17-11)9-16-15-8-6-5-7-13(15)10-18(3)4/h5-8,16H,9-10H2,1-4H3. The number of aromatic nitrogens is 1. The van der Waals surface area contributed by atoms with Gasteiger partial charge in [-0.2, -0.15) is 0 Å². The van der Waals surface area contributed by atoms with Crippen LogP contribution in [0, 0.1) is 13.8 Å². The fraction of sp³-hybridized carbons (Fsp3) is 0.400. The predicted molar refractivity (Wildman–Crippen MR) is 77.1 cm³/mol. The molecule has 0 aliphatic heterocycles. The number of anilines is 1. The number of nitrogens with one attached hydrogen (secondary N) is 1. The van der Waals surface area contributed by atoms with Gasteiger partial charge in [0.2, 0.25) is 0 Å². The molecule has 1 heterocycles. The number of aryl methyl sites for hydroxylation is 2. The van der Waals surface area contributed by atoms with Crippen LogP contribution in [0.5, 0.6) is 0 Å². The van der Waals surface area contributed by atoms with Gasteiger partial charge in [-0.05, 0) is 39.6 Å². The smallest absolute Gasteiger partial charge is 0.138 e. The molecule has 0 saturated carbocycles. The first-order valence-corrected chi connectivity index (χ1v) is 6.46. The molecule has 0 bridgehead atoms. The monoisotopic (exact) mass is 259 g/mol. The fourth-order valence-corrected chi connectivity index (χ4v) is 2.11. The quantitative estimate of drug-likeness (QED) is 0.896. The van der Waals surface area contributed by atoms with Crippen molar-refractivity contribution in [1.82, 2.24) is 10.1 Å². The summed E-state index contributed by atoms with van der Waals surface area (Å²) >= 11 is 0. The van der Waals surface area contributed by atoms with E-state index in [1.165, 1.54) is 5.56 Å². The van der Waals surface area contributed by atoms with Crippen LogP contribution in [0.3, 0.4) is 0 Å². The lowest BCUT2D eigenvalue weighted by Gasteiger charge is -2.15. The Morgan fingerprint density at radius 3 is 2.58 bits per heavy atom. The van der Waals surface area contributed by atoms with E-state index in [1.54, 1.807) is 0 Å². The zero-order valence-corrected chi connectivity index (χ0v) is 12.0. The maximum atomic E-state index is 5.18. The van der Waals surface area contributed by atoms with Crippen LogP contribution in [0.15, 0.2) is 28.8 Å². The number of hydrogen-bond acceptors (Lipinski definition) is 4. The Bertz CT molecular complexity index is 527. The Morgan fingerprint density at radius 1 is 1.21 bits per heavy atom. The number of hydrogen-bond donors (Lipinski definition) is 1. The number of benzene rings is 1. The molecule has 0 aliphatic rings. The molecular formula is C15H21N3O. The van der Waals surface area contributed by atoms with E-state index in [0.29, 0.717) is 0 Å². The molecule has 0 amide bonds. The minimum Gasteiger partial charge on any atom is -0.380 e. The Labute approximate surface area is 114 Å². The summed E-state index contributed by atoms with van der Waals surface area (Å²) in [5.41, 5.74) is 4.55. The van der Waals surface area contributed by atoms with E-state index in [1.807, 2.05) is 13.8 Å². The van der Waals surface area contributed by atoms with Crippen LogP contribution in [0.2, 0.25) is 0 Å². The molecule has 2 rings (SSSR count). The summed E-state index contributed by atoms with van der Waals surface area (Å²) in [5, 5.41) is 7.45. The van der Waals surface area contributed by atoms with Gasteiger partial charge in [-0.15, -0.1) is 0 Å². The third-order valence-electron chi connectivity index (χ3n) is 3.14. The largest absolute Gasteiger partial charge is 0.380 e. The van der Waals surface area contributed by atoms with Gasteiger partial charge in [0.05, 0.1) is 5.69 Å². The van der Waals surface area contributed by atoms with Crippen LogP contribution in [0.4, 0.5) is 5.69 Å². The highest BCUT2D eigenvalue weighted by atomic mass is 16.5. The second-order valence-corrected chi connectivity index (χ2v) is 5.05. The molecule has 0 aliphatic carbocycles. The minimum atomic E-state index is 0.742. The average molecular weight is 259 g/mol. The van der Waals surface area contributed by atoms with Gasteiger partial charge < -0.3 is 14.7 Å². The second kappa shape index (κ2) is 5.89. The highest BCUT2D eigenvalue weighted by Crippen LogP contribution is 2.19. The number of rotatable bonds is 5.